The Hall–Kier alpha value is -11.7. The minimum absolute atomic E-state index is 0.0400. The minimum atomic E-state index is -1.13. The van der Waals surface area contributed by atoms with Gasteiger partial charge in [0.1, 0.15) is 78.7 Å². The van der Waals surface area contributed by atoms with Crippen LogP contribution in [0, 0.1) is 0 Å². The molecular weight excluding hydrogens is 1220 g/mol. The van der Waals surface area contributed by atoms with Crippen LogP contribution in [0.1, 0.15) is 69.0 Å². The summed E-state index contributed by atoms with van der Waals surface area (Å²) >= 11 is 0. The Labute approximate surface area is 554 Å². The smallest absolute Gasteiger partial charge is 0.337 e. The molecule has 0 radical (unpaired) electrons. The number of benzene rings is 10. The summed E-state index contributed by atoms with van der Waals surface area (Å²) in [5, 5.41) is 26.3. The number of hydrogen-bond acceptors (Lipinski definition) is 17. The van der Waals surface area contributed by atoms with Crippen LogP contribution in [0.5, 0.6) is 34.5 Å². The number of hydrogen-bond donors (Lipinski definition) is 3. The Bertz CT molecular complexity index is 4030. The van der Waals surface area contributed by atoms with Crippen molar-refractivity contribution in [1.82, 2.24) is 0 Å². The van der Waals surface area contributed by atoms with Gasteiger partial charge in [-0.25, -0.2) is 24.0 Å². The van der Waals surface area contributed by atoms with Crippen LogP contribution in [0.15, 0.2) is 267 Å². The van der Waals surface area contributed by atoms with E-state index < -0.39 is 73.4 Å². The zero-order chi connectivity index (χ0) is 67.5. The molecule has 484 valence electrons. The molecule has 10 aromatic rings. The number of esters is 6. The molecule has 0 amide bonds. The number of aliphatic hydroxyl groups excluding tert-OH is 3. The summed E-state index contributed by atoms with van der Waals surface area (Å²) in [4.78, 5) is 73.2. The molecule has 0 heterocycles. The fourth-order valence-corrected chi connectivity index (χ4v) is 10.2. The van der Waals surface area contributed by atoms with Gasteiger partial charge in [-0.1, -0.05) is 237 Å². The highest BCUT2D eigenvalue weighted by molar-refractivity contribution is 5.80. The van der Waals surface area contributed by atoms with Crippen LogP contribution < -0.4 is 28.4 Å². The largest absolute Gasteiger partial charge is 0.426 e. The summed E-state index contributed by atoms with van der Waals surface area (Å²) < 4.78 is 45.3. The normalized spacial score (nSPS) is 11.2. The predicted molar refractivity (Wildman–Crippen MR) is 359 cm³/mol. The standard InChI is InChI=1S/C59H48O8.C20H18O9/c1-2-55(60)66-53-39-45(40-54(41-53)67-57(62)43-64-59(49-27-15-6-16-28-49,50-29-17-7-18-30-50)51-31-19-8-20-32-51)34-33-44-35-37-52(38-36-44)65-56(61)42-63-58(46-21-9-3-10-22-46,47-23-11-4-12-24-47)48-25-13-5-14-26-48;21-10-18(24)27-15-5-3-13(4-6-15)1-2-14-7-16(28-19(25)11-22)9-17(8-14)29-20(26)12-23/h3-41H,2,42-43H2,1H3;1-9,21-23H,10-12H2/b34-33+;2-1+. The van der Waals surface area contributed by atoms with Gasteiger partial charge < -0.3 is 53.2 Å². The van der Waals surface area contributed by atoms with E-state index in [4.69, 9.17) is 53.2 Å². The molecule has 10 aromatic carbocycles. The molecule has 0 atom stereocenters. The molecule has 0 saturated carbocycles. The third kappa shape index (κ3) is 18.8. The summed E-state index contributed by atoms with van der Waals surface area (Å²) in [6.07, 6.45) is 7.13. The molecule has 0 bridgehead atoms. The fourth-order valence-electron chi connectivity index (χ4n) is 10.2. The lowest BCUT2D eigenvalue weighted by atomic mass is 9.80. The van der Waals surface area contributed by atoms with Crippen LogP contribution in [-0.2, 0) is 49.4 Å². The van der Waals surface area contributed by atoms with E-state index in [0.717, 1.165) is 44.5 Å². The Morgan fingerprint density at radius 1 is 0.281 bits per heavy atom. The lowest BCUT2D eigenvalue weighted by Crippen LogP contribution is -2.35. The summed E-state index contributed by atoms with van der Waals surface area (Å²) in [7, 11) is 0. The first-order chi connectivity index (χ1) is 46.8. The van der Waals surface area contributed by atoms with Gasteiger partial charge in [0.15, 0.2) is 0 Å². The quantitative estimate of drug-likeness (QED) is 0.0198. The lowest BCUT2D eigenvalue weighted by Gasteiger charge is -2.35. The van der Waals surface area contributed by atoms with Gasteiger partial charge in [-0.15, -0.1) is 0 Å². The summed E-state index contributed by atoms with van der Waals surface area (Å²) in [6, 6.07) is 81.2. The molecule has 0 saturated heterocycles. The van der Waals surface area contributed by atoms with Crippen molar-refractivity contribution >= 4 is 60.1 Å². The minimum Gasteiger partial charge on any atom is -0.426 e. The van der Waals surface area contributed by atoms with Crippen LogP contribution in [0.4, 0.5) is 0 Å². The summed E-state index contributed by atoms with van der Waals surface area (Å²) in [5.74, 6) is -3.13. The van der Waals surface area contributed by atoms with Crippen molar-refractivity contribution in [2.45, 2.75) is 24.5 Å². The van der Waals surface area contributed by atoms with E-state index in [1.807, 2.05) is 188 Å². The second-order valence-corrected chi connectivity index (χ2v) is 21.1. The van der Waals surface area contributed by atoms with Crippen LogP contribution in [0.25, 0.3) is 24.3 Å². The predicted octanol–water partition coefficient (Wildman–Crippen LogP) is 12.6. The Morgan fingerprint density at radius 2 is 0.510 bits per heavy atom. The first-order valence-corrected chi connectivity index (χ1v) is 30.3. The van der Waals surface area contributed by atoms with Crippen molar-refractivity contribution in [2.24, 2.45) is 0 Å². The van der Waals surface area contributed by atoms with E-state index in [1.54, 1.807) is 85.8 Å². The third-order valence-corrected chi connectivity index (χ3v) is 14.5. The van der Waals surface area contributed by atoms with Gasteiger partial charge >= 0.3 is 35.8 Å². The zero-order valence-corrected chi connectivity index (χ0v) is 52.0. The van der Waals surface area contributed by atoms with Gasteiger partial charge in [0, 0.05) is 18.6 Å². The van der Waals surface area contributed by atoms with Gasteiger partial charge in [-0.05, 0) is 104 Å². The summed E-state index contributed by atoms with van der Waals surface area (Å²) in [5.41, 5.74) is 5.57. The second kappa shape index (κ2) is 34.3. The number of ether oxygens (including phenoxy) is 8. The van der Waals surface area contributed by atoms with Gasteiger partial charge in [-0.2, -0.15) is 0 Å². The van der Waals surface area contributed by atoms with Crippen molar-refractivity contribution in [1.29, 1.82) is 0 Å². The van der Waals surface area contributed by atoms with Gasteiger partial charge in [0.05, 0.1) is 0 Å². The Kier molecular flexibility index (Phi) is 24.5. The molecule has 96 heavy (non-hydrogen) atoms. The lowest BCUT2D eigenvalue weighted by molar-refractivity contribution is -0.144. The van der Waals surface area contributed by atoms with E-state index in [1.165, 1.54) is 24.3 Å². The van der Waals surface area contributed by atoms with E-state index in [-0.39, 0.29) is 41.8 Å². The van der Waals surface area contributed by atoms with E-state index in [0.29, 0.717) is 16.9 Å². The van der Waals surface area contributed by atoms with Crippen molar-refractivity contribution in [2.75, 3.05) is 33.0 Å². The Balaban J connectivity index is 0.000000312. The Morgan fingerprint density at radius 3 is 0.771 bits per heavy atom. The maximum Gasteiger partial charge on any atom is 0.337 e. The van der Waals surface area contributed by atoms with Crippen LogP contribution in [0.2, 0.25) is 0 Å². The molecule has 0 aliphatic carbocycles. The monoisotopic (exact) mass is 1290 g/mol. The van der Waals surface area contributed by atoms with Gasteiger partial charge in [-0.3, -0.25) is 4.79 Å². The first-order valence-electron chi connectivity index (χ1n) is 30.3. The highest BCUT2D eigenvalue weighted by atomic mass is 16.6. The SMILES string of the molecule is CCC(=O)Oc1cc(/C=C/c2ccc(OC(=O)COC(c3ccccc3)(c3ccccc3)c3ccccc3)cc2)cc(OC(=O)COC(c2ccccc2)(c2ccccc2)c2ccccc2)c1.O=C(CO)Oc1ccc(/C=C/c2cc(OC(=O)CO)cc(OC(=O)CO)c2)cc1. The molecule has 17 nitrogen and oxygen atoms in total. The topological polar surface area (TPSA) is 237 Å². The number of rotatable bonds is 26. The van der Waals surface area contributed by atoms with Crippen LogP contribution >= 0.6 is 0 Å². The number of carbonyl (C=O) groups excluding carboxylic acids is 6. The second-order valence-electron chi connectivity index (χ2n) is 21.1. The maximum absolute atomic E-state index is 13.7. The molecule has 0 aromatic heterocycles. The average molecular weight is 1290 g/mol. The van der Waals surface area contributed by atoms with Crippen molar-refractivity contribution in [3.05, 3.63) is 323 Å². The molecule has 10 rings (SSSR count). The average Bonchev–Trinajstić information content (AvgIpc) is 0.767. The van der Waals surface area contributed by atoms with E-state index in [9.17, 15) is 28.8 Å². The zero-order valence-electron chi connectivity index (χ0n) is 52.0. The van der Waals surface area contributed by atoms with E-state index >= 15 is 0 Å². The highest BCUT2D eigenvalue weighted by Gasteiger charge is 2.40. The van der Waals surface area contributed by atoms with Crippen molar-refractivity contribution in [3.8, 4) is 34.5 Å². The molecule has 0 aliphatic heterocycles. The van der Waals surface area contributed by atoms with Gasteiger partial charge in [0.2, 0.25) is 0 Å². The number of aliphatic hydroxyl groups is 3. The molecule has 0 fully saturated rings. The number of carbonyl (C=O) groups is 6. The van der Waals surface area contributed by atoms with Gasteiger partial charge in [0.25, 0.3) is 0 Å². The highest BCUT2D eigenvalue weighted by Crippen LogP contribution is 2.42. The molecule has 0 spiro atoms. The molecule has 3 N–H and O–H groups in total. The third-order valence-electron chi connectivity index (χ3n) is 14.5. The summed E-state index contributed by atoms with van der Waals surface area (Å²) in [6.45, 7) is -1.39. The molecule has 0 unspecified atom stereocenters. The van der Waals surface area contributed by atoms with Crippen molar-refractivity contribution < 1.29 is 82.0 Å². The first kappa shape index (κ1) is 68.7. The van der Waals surface area contributed by atoms with E-state index in [2.05, 4.69) is 0 Å². The molecular formula is C79H66O17. The molecule has 0 aliphatic rings. The van der Waals surface area contributed by atoms with Crippen LogP contribution in [-0.4, -0.2) is 84.2 Å². The maximum atomic E-state index is 13.7. The fraction of sp³-hybridized carbons (Fsp3) is 0.114. The van der Waals surface area contributed by atoms with Crippen LogP contribution in [0.3, 0.4) is 0 Å². The molecule has 17 heteroatoms. The van der Waals surface area contributed by atoms with Crippen molar-refractivity contribution in [3.63, 3.8) is 0 Å².